The first-order valence-corrected chi connectivity index (χ1v) is 7.87. The van der Waals surface area contributed by atoms with Crippen molar-refractivity contribution in [3.63, 3.8) is 0 Å². The molecule has 1 amide bonds. The Kier molecular flexibility index (Phi) is 3.09. The van der Waals surface area contributed by atoms with E-state index >= 15 is 0 Å². The van der Waals surface area contributed by atoms with E-state index in [0.717, 1.165) is 21.7 Å². The fraction of sp³-hybridized carbons (Fsp3) is 0.125. The summed E-state index contributed by atoms with van der Waals surface area (Å²) < 4.78 is 5.16. The Morgan fingerprint density at radius 3 is 2.96 bits per heavy atom. The average Bonchev–Trinajstić information content (AvgIpc) is 3.26. The van der Waals surface area contributed by atoms with Gasteiger partial charge in [-0.15, -0.1) is 11.3 Å². The zero-order chi connectivity index (χ0) is 16.0. The summed E-state index contributed by atoms with van der Waals surface area (Å²) >= 11 is 1.58. The minimum Gasteiger partial charge on any atom is -0.504 e. The molecule has 7 heteroatoms. The number of fused-ring (bicyclic) bond motifs is 1. The van der Waals surface area contributed by atoms with Crippen molar-refractivity contribution >= 4 is 17.2 Å². The normalized spacial score (nSPS) is 16.2. The molecule has 0 fully saturated rings. The molecule has 0 aliphatic carbocycles. The van der Waals surface area contributed by atoms with Crippen LogP contribution in [-0.2, 0) is 0 Å². The van der Waals surface area contributed by atoms with E-state index in [0.29, 0.717) is 11.4 Å². The van der Waals surface area contributed by atoms with Crippen molar-refractivity contribution in [2.45, 2.75) is 6.04 Å². The second-order valence-electron chi connectivity index (χ2n) is 5.18. The molecule has 4 rings (SSSR count). The number of phenols is 1. The SMILES string of the molecule is COc1cc(C2NC(=O)c3n[nH]c(-c4cccs4)c32)ccc1O. The highest BCUT2D eigenvalue weighted by atomic mass is 32.1. The quantitative estimate of drug-likeness (QED) is 0.690. The van der Waals surface area contributed by atoms with Crippen LogP contribution in [0.1, 0.15) is 27.7 Å². The number of nitrogens with one attached hydrogen (secondary N) is 2. The minimum atomic E-state index is -0.331. The second kappa shape index (κ2) is 5.13. The lowest BCUT2D eigenvalue weighted by Crippen LogP contribution is -2.21. The number of benzene rings is 1. The number of thiophene rings is 1. The summed E-state index contributed by atoms with van der Waals surface area (Å²) in [6, 6.07) is 8.65. The van der Waals surface area contributed by atoms with E-state index in [4.69, 9.17) is 4.74 Å². The summed E-state index contributed by atoms with van der Waals surface area (Å²) in [5, 5.41) is 21.8. The lowest BCUT2D eigenvalue weighted by molar-refractivity contribution is 0.0955. The number of hydrogen-bond acceptors (Lipinski definition) is 5. The Labute approximate surface area is 135 Å². The highest BCUT2D eigenvalue weighted by Crippen LogP contribution is 2.40. The number of H-pyrrole nitrogens is 1. The average molecular weight is 327 g/mol. The van der Waals surface area contributed by atoms with Gasteiger partial charge >= 0.3 is 0 Å². The molecule has 3 heterocycles. The van der Waals surface area contributed by atoms with E-state index in [-0.39, 0.29) is 17.7 Å². The Morgan fingerprint density at radius 2 is 2.22 bits per heavy atom. The van der Waals surface area contributed by atoms with E-state index in [1.165, 1.54) is 7.11 Å². The van der Waals surface area contributed by atoms with Crippen molar-refractivity contribution in [3.05, 3.63) is 52.5 Å². The van der Waals surface area contributed by atoms with Gasteiger partial charge in [-0.2, -0.15) is 5.10 Å². The van der Waals surface area contributed by atoms with Crippen molar-refractivity contribution in [2.24, 2.45) is 0 Å². The minimum absolute atomic E-state index is 0.0615. The van der Waals surface area contributed by atoms with Crippen LogP contribution in [0.25, 0.3) is 10.6 Å². The van der Waals surface area contributed by atoms with Gasteiger partial charge in [0.25, 0.3) is 5.91 Å². The molecule has 0 saturated heterocycles. The van der Waals surface area contributed by atoms with Crippen LogP contribution < -0.4 is 10.1 Å². The van der Waals surface area contributed by atoms with Crippen molar-refractivity contribution < 1.29 is 14.6 Å². The summed E-state index contributed by atoms with van der Waals surface area (Å²) in [5.74, 6) is 0.217. The van der Waals surface area contributed by atoms with Crippen molar-refractivity contribution in [3.8, 4) is 22.1 Å². The van der Waals surface area contributed by atoms with E-state index in [1.807, 2.05) is 17.5 Å². The smallest absolute Gasteiger partial charge is 0.272 e. The molecule has 3 N–H and O–H groups in total. The van der Waals surface area contributed by atoms with Crippen LogP contribution in [-0.4, -0.2) is 28.3 Å². The number of methoxy groups -OCH3 is 1. The summed E-state index contributed by atoms with van der Waals surface area (Å²) in [6.45, 7) is 0. The molecule has 1 unspecified atom stereocenters. The molecular weight excluding hydrogens is 314 g/mol. The maximum atomic E-state index is 12.2. The van der Waals surface area contributed by atoms with Gasteiger partial charge in [0.1, 0.15) is 0 Å². The predicted octanol–water partition coefficient (Wildman–Crippen LogP) is 2.69. The van der Waals surface area contributed by atoms with Gasteiger partial charge in [-0.05, 0) is 29.1 Å². The second-order valence-corrected chi connectivity index (χ2v) is 6.12. The number of aromatic nitrogens is 2. The Hall–Kier alpha value is -2.80. The number of nitrogens with zero attached hydrogens (tertiary/aromatic N) is 1. The number of hydrogen-bond donors (Lipinski definition) is 3. The van der Waals surface area contributed by atoms with E-state index in [9.17, 15) is 9.90 Å². The van der Waals surface area contributed by atoms with Gasteiger partial charge in [-0.3, -0.25) is 9.89 Å². The third kappa shape index (κ3) is 2.08. The van der Waals surface area contributed by atoms with E-state index in [2.05, 4.69) is 15.5 Å². The molecule has 0 saturated carbocycles. The fourth-order valence-electron chi connectivity index (χ4n) is 2.81. The molecule has 6 nitrogen and oxygen atoms in total. The Balaban J connectivity index is 1.85. The van der Waals surface area contributed by atoms with Crippen LogP contribution in [0.15, 0.2) is 35.7 Å². The van der Waals surface area contributed by atoms with Crippen molar-refractivity contribution in [1.82, 2.24) is 15.5 Å². The molecule has 23 heavy (non-hydrogen) atoms. The fourth-order valence-corrected chi connectivity index (χ4v) is 3.54. The van der Waals surface area contributed by atoms with Gasteiger partial charge in [-0.1, -0.05) is 12.1 Å². The van der Waals surface area contributed by atoms with Gasteiger partial charge in [0.15, 0.2) is 17.2 Å². The van der Waals surface area contributed by atoms with Crippen LogP contribution >= 0.6 is 11.3 Å². The molecule has 1 aliphatic heterocycles. The van der Waals surface area contributed by atoms with Crippen molar-refractivity contribution in [2.75, 3.05) is 7.11 Å². The van der Waals surface area contributed by atoms with Crippen LogP contribution in [0.3, 0.4) is 0 Å². The zero-order valence-electron chi connectivity index (χ0n) is 12.2. The van der Waals surface area contributed by atoms with Crippen LogP contribution in [0.2, 0.25) is 0 Å². The topological polar surface area (TPSA) is 87.2 Å². The zero-order valence-corrected chi connectivity index (χ0v) is 13.0. The number of aromatic amines is 1. The summed E-state index contributed by atoms with van der Waals surface area (Å²) in [6.07, 6.45) is 0. The Morgan fingerprint density at radius 1 is 1.35 bits per heavy atom. The van der Waals surface area contributed by atoms with Gasteiger partial charge in [-0.25, -0.2) is 0 Å². The van der Waals surface area contributed by atoms with Gasteiger partial charge in [0, 0.05) is 5.56 Å². The van der Waals surface area contributed by atoms with E-state index < -0.39 is 0 Å². The molecule has 1 aromatic carbocycles. The molecule has 1 atom stereocenters. The number of carbonyl (C=O) groups excluding carboxylic acids is 1. The standard InChI is InChI=1S/C16H13N3O3S/c1-22-10-7-8(4-5-9(10)20)13-12-14(11-3-2-6-23-11)18-19-15(12)16(21)17-13/h2-7,13,20H,1H3,(H,17,21)(H,18,19). The molecule has 116 valence electrons. The summed E-state index contributed by atoms with van der Waals surface area (Å²) in [4.78, 5) is 13.2. The van der Waals surface area contributed by atoms with Gasteiger partial charge in [0.05, 0.1) is 23.7 Å². The number of rotatable bonds is 3. The van der Waals surface area contributed by atoms with Crippen LogP contribution in [0.4, 0.5) is 0 Å². The molecule has 0 radical (unpaired) electrons. The van der Waals surface area contributed by atoms with Crippen LogP contribution in [0, 0.1) is 0 Å². The number of phenolic OH excluding ortho intramolecular Hbond substituents is 1. The molecule has 0 bridgehead atoms. The largest absolute Gasteiger partial charge is 0.504 e. The third-order valence-electron chi connectivity index (χ3n) is 3.89. The molecule has 3 aromatic rings. The predicted molar refractivity (Wildman–Crippen MR) is 85.9 cm³/mol. The monoisotopic (exact) mass is 327 g/mol. The molecule has 2 aromatic heterocycles. The highest BCUT2D eigenvalue weighted by molar-refractivity contribution is 7.13. The lowest BCUT2D eigenvalue weighted by Gasteiger charge is -2.14. The van der Waals surface area contributed by atoms with Crippen molar-refractivity contribution in [1.29, 1.82) is 0 Å². The maximum Gasteiger partial charge on any atom is 0.272 e. The molecule has 0 spiro atoms. The van der Waals surface area contributed by atoms with Crippen LogP contribution in [0.5, 0.6) is 11.5 Å². The highest BCUT2D eigenvalue weighted by Gasteiger charge is 2.36. The summed E-state index contributed by atoms with van der Waals surface area (Å²) in [5.41, 5.74) is 2.90. The lowest BCUT2D eigenvalue weighted by atomic mass is 9.99. The summed E-state index contributed by atoms with van der Waals surface area (Å²) in [7, 11) is 1.49. The number of ether oxygens (including phenoxy) is 1. The number of aromatic hydroxyl groups is 1. The number of carbonyl (C=O) groups is 1. The Bertz CT molecular complexity index is 886. The maximum absolute atomic E-state index is 12.2. The first kappa shape index (κ1) is 13.8. The molecular formula is C16H13N3O3S. The first-order chi connectivity index (χ1) is 11.2. The number of amides is 1. The molecule has 1 aliphatic rings. The third-order valence-corrected chi connectivity index (χ3v) is 4.78. The first-order valence-electron chi connectivity index (χ1n) is 6.99. The van der Waals surface area contributed by atoms with Gasteiger partial charge < -0.3 is 15.2 Å². The van der Waals surface area contributed by atoms with Gasteiger partial charge in [0.2, 0.25) is 0 Å². The van der Waals surface area contributed by atoms with E-state index in [1.54, 1.807) is 29.5 Å².